The number of carbonyl (C=O) groups excluding carboxylic acids is 2. The lowest BCUT2D eigenvalue weighted by atomic mass is 10.1. The molecule has 5 heteroatoms. The van der Waals surface area contributed by atoms with Gasteiger partial charge in [0.15, 0.2) is 0 Å². The van der Waals surface area contributed by atoms with Gasteiger partial charge in [0.05, 0.1) is 12.5 Å². The van der Waals surface area contributed by atoms with Gasteiger partial charge in [-0.05, 0) is 37.4 Å². The predicted molar refractivity (Wildman–Crippen MR) is 100 cm³/mol. The Morgan fingerprint density at radius 1 is 1.00 bits per heavy atom. The van der Waals surface area contributed by atoms with Crippen LogP contribution in [0.2, 0.25) is 0 Å². The molecule has 25 heavy (non-hydrogen) atoms. The summed E-state index contributed by atoms with van der Waals surface area (Å²) >= 11 is 0. The molecule has 0 spiro atoms. The van der Waals surface area contributed by atoms with Crippen molar-refractivity contribution in [3.8, 4) is 0 Å². The maximum atomic E-state index is 12.2. The topological polar surface area (TPSA) is 61.4 Å². The maximum absolute atomic E-state index is 12.2. The average molecular weight is 339 g/mol. The summed E-state index contributed by atoms with van der Waals surface area (Å²) in [5, 5.41) is 5.72. The van der Waals surface area contributed by atoms with Crippen molar-refractivity contribution >= 4 is 17.5 Å². The fraction of sp³-hybridized carbons (Fsp3) is 0.300. The highest BCUT2D eigenvalue weighted by molar-refractivity contribution is 5.88. The smallest absolute Gasteiger partial charge is 0.224 e. The van der Waals surface area contributed by atoms with Crippen molar-refractivity contribution in [3.63, 3.8) is 0 Å². The third kappa shape index (κ3) is 6.04. The lowest BCUT2D eigenvalue weighted by Gasteiger charge is -2.25. The number of rotatable bonds is 7. The minimum atomic E-state index is -0.110. The summed E-state index contributed by atoms with van der Waals surface area (Å²) in [7, 11) is 4.01. The molecule has 2 aromatic carbocycles. The Bertz CT molecular complexity index is 697. The van der Waals surface area contributed by atoms with Gasteiger partial charge in [0.1, 0.15) is 0 Å². The lowest BCUT2D eigenvalue weighted by molar-refractivity contribution is -0.120. The Hall–Kier alpha value is -2.66. The molecule has 132 valence electrons. The summed E-state index contributed by atoms with van der Waals surface area (Å²) in [5.41, 5.74) is 2.81. The Morgan fingerprint density at radius 2 is 1.64 bits per heavy atom. The van der Waals surface area contributed by atoms with Gasteiger partial charge in [-0.1, -0.05) is 42.5 Å². The summed E-state index contributed by atoms with van der Waals surface area (Å²) in [6.07, 6.45) is 0.315. The van der Waals surface area contributed by atoms with Crippen LogP contribution in [0.1, 0.15) is 24.1 Å². The molecule has 1 atom stereocenters. The van der Waals surface area contributed by atoms with E-state index in [0.717, 1.165) is 11.3 Å². The highest BCUT2D eigenvalue weighted by atomic mass is 16.2. The monoisotopic (exact) mass is 339 g/mol. The zero-order chi connectivity index (χ0) is 18.2. The number of hydrogen-bond donors (Lipinski definition) is 2. The van der Waals surface area contributed by atoms with E-state index in [-0.39, 0.29) is 17.9 Å². The second-order valence-corrected chi connectivity index (χ2v) is 6.25. The molecule has 0 aliphatic heterocycles. The third-order valence-corrected chi connectivity index (χ3v) is 3.94. The van der Waals surface area contributed by atoms with E-state index < -0.39 is 0 Å². The van der Waals surface area contributed by atoms with Crippen LogP contribution in [0.5, 0.6) is 0 Å². The lowest BCUT2D eigenvalue weighted by Crippen LogP contribution is -2.35. The molecule has 0 saturated carbocycles. The largest absolute Gasteiger partial charge is 0.354 e. The third-order valence-electron chi connectivity index (χ3n) is 3.94. The SMILES string of the molecule is CC(=O)Nc1ccc(CC(=O)NCC(c2ccccc2)N(C)C)cc1. The van der Waals surface area contributed by atoms with Crippen molar-refractivity contribution in [2.75, 3.05) is 26.0 Å². The van der Waals surface area contributed by atoms with E-state index in [1.54, 1.807) is 12.1 Å². The number of anilines is 1. The summed E-state index contributed by atoms with van der Waals surface area (Å²) < 4.78 is 0. The molecule has 0 saturated heterocycles. The summed E-state index contributed by atoms with van der Waals surface area (Å²) in [4.78, 5) is 25.3. The Balaban J connectivity index is 1.90. The van der Waals surface area contributed by atoms with Crippen LogP contribution in [0.4, 0.5) is 5.69 Å². The van der Waals surface area contributed by atoms with Gasteiger partial charge in [-0.25, -0.2) is 0 Å². The van der Waals surface area contributed by atoms with E-state index in [4.69, 9.17) is 0 Å². The Kier molecular flexibility index (Phi) is 6.71. The summed E-state index contributed by atoms with van der Waals surface area (Å²) in [6.45, 7) is 2.02. The zero-order valence-corrected chi connectivity index (χ0v) is 15.0. The minimum Gasteiger partial charge on any atom is -0.354 e. The van der Waals surface area contributed by atoms with Crippen LogP contribution in [0.3, 0.4) is 0 Å². The van der Waals surface area contributed by atoms with Crippen LogP contribution in [0.25, 0.3) is 0 Å². The molecular weight excluding hydrogens is 314 g/mol. The normalized spacial score (nSPS) is 11.8. The molecule has 1 unspecified atom stereocenters. The minimum absolute atomic E-state index is 0.0185. The van der Waals surface area contributed by atoms with Gasteiger partial charge in [-0.15, -0.1) is 0 Å². The van der Waals surface area contributed by atoms with Gasteiger partial charge >= 0.3 is 0 Å². The maximum Gasteiger partial charge on any atom is 0.224 e. The first-order valence-corrected chi connectivity index (χ1v) is 8.30. The molecule has 0 radical (unpaired) electrons. The summed E-state index contributed by atoms with van der Waals surface area (Å²) in [6, 6.07) is 17.6. The molecule has 2 N–H and O–H groups in total. The van der Waals surface area contributed by atoms with E-state index in [9.17, 15) is 9.59 Å². The molecule has 0 bridgehead atoms. The van der Waals surface area contributed by atoms with Gasteiger partial charge in [-0.3, -0.25) is 9.59 Å². The average Bonchev–Trinajstić information content (AvgIpc) is 2.57. The van der Waals surface area contributed by atoms with E-state index in [2.05, 4.69) is 27.7 Å². The van der Waals surface area contributed by atoms with E-state index in [1.807, 2.05) is 44.4 Å². The van der Waals surface area contributed by atoms with Crippen molar-refractivity contribution in [2.45, 2.75) is 19.4 Å². The molecular formula is C20H25N3O2. The van der Waals surface area contributed by atoms with Crippen LogP contribution in [-0.4, -0.2) is 37.4 Å². The van der Waals surface area contributed by atoms with Crippen molar-refractivity contribution in [2.24, 2.45) is 0 Å². The Morgan fingerprint density at radius 3 is 2.20 bits per heavy atom. The number of nitrogens with one attached hydrogen (secondary N) is 2. The van der Waals surface area contributed by atoms with Gasteiger partial charge in [-0.2, -0.15) is 0 Å². The molecule has 0 aliphatic carbocycles. The number of carbonyl (C=O) groups is 2. The van der Waals surface area contributed by atoms with E-state index in [1.165, 1.54) is 12.5 Å². The zero-order valence-electron chi connectivity index (χ0n) is 15.0. The van der Waals surface area contributed by atoms with Crippen LogP contribution in [0, 0.1) is 0 Å². The molecule has 2 rings (SSSR count). The van der Waals surface area contributed by atoms with Crippen LogP contribution < -0.4 is 10.6 Å². The first kappa shape index (κ1) is 18.7. The standard InChI is InChI=1S/C20H25N3O2/c1-15(24)22-18-11-9-16(10-12-18)13-20(25)21-14-19(23(2)3)17-7-5-4-6-8-17/h4-12,19H,13-14H2,1-3H3,(H,21,25)(H,22,24). The highest BCUT2D eigenvalue weighted by Crippen LogP contribution is 2.17. The van der Waals surface area contributed by atoms with Gasteiger partial charge in [0.2, 0.25) is 11.8 Å². The fourth-order valence-electron chi connectivity index (χ4n) is 2.64. The van der Waals surface area contributed by atoms with Gasteiger partial charge in [0.25, 0.3) is 0 Å². The number of amides is 2. The van der Waals surface area contributed by atoms with Crippen molar-refractivity contribution in [1.29, 1.82) is 0 Å². The molecule has 0 heterocycles. The second kappa shape index (κ2) is 8.99. The molecule has 2 amide bonds. The molecule has 5 nitrogen and oxygen atoms in total. The number of likely N-dealkylation sites (N-methyl/N-ethyl adjacent to an activating group) is 1. The second-order valence-electron chi connectivity index (χ2n) is 6.25. The van der Waals surface area contributed by atoms with Crippen LogP contribution >= 0.6 is 0 Å². The molecule has 0 aliphatic rings. The highest BCUT2D eigenvalue weighted by Gasteiger charge is 2.15. The quantitative estimate of drug-likeness (QED) is 0.815. The number of hydrogen-bond acceptors (Lipinski definition) is 3. The predicted octanol–water partition coefficient (Wildman–Crippen LogP) is 2.61. The molecule has 0 aromatic heterocycles. The van der Waals surface area contributed by atoms with Crippen LogP contribution in [0.15, 0.2) is 54.6 Å². The first-order valence-electron chi connectivity index (χ1n) is 8.30. The first-order chi connectivity index (χ1) is 12.0. The fourth-order valence-corrected chi connectivity index (χ4v) is 2.64. The number of nitrogens with zero attached hydrogens (tertiary/aromatic N) is 1. The van der Waals surface area contributed by atoms with E-state index >= 15 is 0 Å². The number of benzene rings is 2. The van der Waals surface area contributed by atoms with Gasteiger partial charge in [0, 0.05) is 19.2 Å². The molecule has 0 fully saturated rings. The summed E-state index contributed by atoms with van der Waals surface area (Å²) in [5.74, 6) is -0.129. The molecule has 2 aromatic rings. The van der Waals surface area contributed by atoms with Crippen molar-refractivity contribution < 1.29 is 9.59 Å². The Labute approximate surface area is 149 Å². The van der Waals surface area contributed by atoms with E-state index in [0.29, 0.717) is 13.0 Å². The van der Waals surface area contributed by atoms with Crippen molar-refractivity contribution in [1.82, 2.24) is 10.2 Å². The van der Waals surface area contributed by atoms with Crippen LogP contribution in [-0.2, 0) is 16.0 Å². The van der Waals surface area contributed by atoms with Crippen molar-refractivity contribution in [3.05, 3.63) is 65.7 Å². The van der Waals surface area contributed by atoms with Gasteiger partial charge < -0.3 is 15.5 Å².